The topological polar surface area (TPSA) is 101 Å². The summed E-state index contributed by atoms with van der Waals surface area (Å²) in [5.74, 6) is -1.14. The number of carbonyl (C=O) groups excluding carboxylic acids is 1. The Morgan fingerprint density at radius 1 is 1.35 bits per heavy atom. The van der Waals surface area contributed by atoms with Crippen molar-refractivity contribution in [3.63, 3.8) is 0 Å². The van der Waals surface area contributed by atoms with Crippen LogP contribution in [0.25, 0.3) is 0 Å². The molecule has 0 aliphatic carbocycles. The fourth-order valence-corrected chi connectivity index (χ4v) is 3.02. The van der Waals surface area contributed by atoms with Gasteiger partial charge in [0.25, 0.3) is 11.6 Å². The molecular formula is C16H20N2O5. The summed E-state index contributed by atoms with van der Waals surface area (Å²) in [6, 6.07) is 4.23. The smallest absolute Gasteiger partial charge is 0.303 e. The Balaban J connectivity index is 2.22. The maximum atomic E-state index is 12.7. The van der Waals surface area contributed by atoms with Gasteiger partial charge < -0.3 is 10.0 Å². The first-order chi connectivity index (χ1) is 10.9. The Bertz CT molecular complexity index is 629. The Kier molecular flexibility index (Phi) is 5.31. The van der Waals surface area contributed by atoms with Crippen molar-refractivity contribution in [3.05, 3.63) is 39.4 Å². The number of carboxylic acids is 1. The number of hydrogen-bond acceptors (Lipinski definition) is 4. The molecule has 1 fully saturated rings. The van der Waals surface area contributed by atoms with Crippen molar-refractivity contribution >= 4 is 17.6 Å². The van der Waals surface area contributed by atoms with Crippen LogP contribution in [0.3, 0.4) is 0 Å². The largest absolute Gasteiger partial charge is 0.481 e. The number of hydrogen-bond donors (Lipinski definition) is 1. The van der Waals surface area contributed by atoms with Gasteiger partial charge in [-0.05, 0) is 44.2 Å². The van der Waals surface area contributed by atoms with Gasteiger partial charge in [0, 0.05) is 36.7 Å². The first-order valence-corrected chi connectivity index (χ1v) is 7.67. The molecule has 23 heavy (non-hydrogen) atoms. The number of nitro benzene ring substituents is 1. The molecule has 7 nitrogen and oxygen atoms in total. The van der Waals surface area contributed by atoms with Crippen molar-refractivity contribution in [3.8, 4) is 0 Å². The van der Waals surface area contributed by atoms with Gasteiger partial charge in [0.15, 0.2) is 0 Å². The fourth-order valence-electron chi connectivity index (χ4n) is 3.02. The quantitative estimate of drug-likeness (QED) is 0.664. The van der Waals surface area contributed by atoms with Crippen LogP contribution >= 0.6 is 0 Å². The van der Waals surface area contributed by atoms with Crippen LogP contribution in [0.4, 0.5) is 5.69 Å². The van der Waals surface area contributed by atoms with Crippen LogP contribution in [0.15, 0.2) is 18.2 Å². The number of nitrogens with zero attached hydrogens (tertiary/aromatic N) is 2. The second-order valence-corrected chi connectivity index (χ2v) is 5.89. The minimum Gasteiger partial charge on any atom is -0.481 e. The van der Waals surface area contributed by atoms with Crippen LogP contribution in [0, 0.1) is 17.0 Å². The summed E-state index contributed by atoms with van der Waals surface area (Å²) in [6.07, 6.45) is 3.02. The number of nitro groups is 1. The van der Waals surface area contributed by atoms with Gasteiger partial charge in [-0.1, -0.05) is 0 Å². The Morgan fingerprint density at radius 3 is 2.74 bits per heavy atom. The Morgan fingerprint density at radius 2 is 2.09 bits per heavy atom. The van der Waals surface area contributed by atoms with Crippen molar-refractivity contribution in [1.29, 1.82) is 0 Å². The van der Waals surface area contributed by atoms with Crippen molar-refractivity contribution in [2.45, 2.75) is 45.1 Å². The highest BCUT2D eigenvalue weighted by molar-refractivity contribution is 5.95. The van der Waals surface area contributed by atoms with Crippen LogP contribution in [0.1, 0.15) is 48.0 Å². The molecule has 1 atom stereocenters. The number of aliphatic carboxylic acids is 1. The van der Waals surface area contributed by atoms with Gasteiger partial charge in [-0.3, -0.25) is 19.7 Å². The third kappa shape index (κ3) is 4.28. The van der Waals surface area contributed by atoms with Gasteiger partial charge in [0.05, 0.1) is 4.92 Å². The summed E-state index contributed by atoms with van der Waals surface area (Å²) in [6.45, 7) is 2.27. The average Bonchev–Trinajstić information content (AvgIpc) is 2.51. The number of carboxylic acid groups (broad SMARTS) is 1. The summed E-state index contributed by atoms with van der Waals surface area (Å²) in [7, 11) is 0. The van der Waals surface area contributed by atoms with E-state index in [1.54, 1.807) is 17.9 Å². The lowest BCUT2D eigenvalue weighted by Gasteiger charge is -2.35. The van der Waals surface area contributed by atoms with Gasteiger partial charge in [-0.25, -0.2) is 0 Å². The molecule has 2 rings (SSSR count). The number of aryl methyl sites for hydroxylation is 1. The third-order valence-corrected chi connectivity index (χ3v) is 4.10. The second kappa shape index (κ2) is 7.21. The molecule has 1 unspecified atom stereocenters. The number of rotatable bonds is 5. The summed E-state index contributed by atoms with van der Waals surface area (Å²) < 4.78 is 0. The van der Waals surface area contributed by atoms with Crippen LogP contribution < -0.4 is 0 Å². The van der Waals surface area contributed by atoms with Gasteiger partial charge >= 0.3 is 5.97 Å². The average molecular weight is 320 g/mol. The van der Waals surface area contributed by atoms with E-state index in [0.29, 0.717) is 24.1 Å². The molecule has 124 valence electrons. The molecule has 1 saturated heterocycles. The van der Waals surface area contributed by atoms with Gasteiger partial charge in [0.1, 0.15) is 0 Å². The lowest BCUT2D eigenvalue weighted by Crippen LogP contribution is -2.44. The fraction of sp³-hybridized carbons (Fsp3) is 0.500. The van der Waals surface area contributed by atoms with E-state index in [4.69, 9.17) is 5.11 Å². The lowest BCUT2D eigenvalue weighted by molar-refractivity contribution is -0.384. The number of likely N-dealkylation sites (tertiary alicyclic amines) is 1. The molecule has 0 saturated carbocycles. The van der Waals surface area contributed by atoms with Crippen molar-refractivity contribution < 1.29 is 19.6 Å². The molecule has 0 spiro atoms. The highest BCUT2D eigenvalue weighted by Gasteiger charge is 2.28. The number of amides is 1. The zero-order valence-electron chi connectivity index (χ0n) is 13.0. The van der Waals surface area contributed by atoms with E-state index in [0.717, 1.165) is 19.3 Å². The van der Waals surface area contributed by atoms with Crippen LogP contribution in [-0.4, -0.2) is 39.4 Å². The van der Waals surface area contributed by atoms with Gasteiger partial charge in [-0.2, -0.15) is 0 Å². The third-order valence-electron chi connectivity index (χ3n) is 4.10. The molecule has 1 heterocycles. The van der Waals surface area contributed by atoms with Crippen molar-refractivity contribution in [1.82, 2.24) is 4.90 Å². The summed E-state index contributed by atoms with van der Waals surface area (Å²) in [4.78, 5) is 35.6. The van der Waals surface area contributed by atoms with Gasteiger partial charge in [0.2, 0.25) is 0 Å². The van der Waals surface area contributed by atoms with E-state index in [2.05, 4.69) is 0 Å². The molecule has 0 radical (unpaired) electrons. The molecule has 1 aliphatic heterocycles. The first-order valence-electron chi connectivity index (χ1n) is 7.67. The summed E-state index contributed by atoms with van der Waals surface area (Å²) in [5, 5.41) is 19.8. The zero-order chi connectivity index (χ0) is 17.0. The molecule has 1 aromatic carbocycles. The predicted molar refractivity (Wildman–Crippen MR) is 83.4 cm³/mol. The maximum absolute atomic E-state index is 12.7. The van der Waals surface area contributed by atoms with E-state index < -0.39 is 10.9 Å². The predicted octanol–water partition coefficient (Wildman–Crippen LogP) is 2.76. The lowest BCUT2D eigenvalue weighted by atomic mass is 9.96. The maximum Gasteiger partial charge on any atom is 0.303 e. The van der Waals surface area contributed by atoms with Crippen LogP contribution in [0.5, 0.6) is 0 Å². The number of carbonyl (C=O) groups is 2. The second-order valence-electron chi connectivity index (χ2n) is 5.89. The molecule has 7 heteroatoms. The standard InChI is InChI=1S/C16H20N2O5/c1-11-8-12(10-14(9-11)18(22)23)16(21)17-7-3-2-4-13(17)5-6-15(19)20/h8-10,13H,2-7H2,1H3,(H,19,20). The molecule has 1 amide bonds. The van der Waals surface area contributed by atoms with Crippen molar-refractivity contribution in [2.24, 2.45) is 0 Å². The molecule has 0 bridgehead atoms. The first kappa shape index (κ1) is 16.9. The van der Waals surface area contributed by atoms with E-state index in [-0.39, 0.29) is 24.1 Å². The minimum absolute atomic E-state index is 0.0163. The number of piperidine rings is 1. The van der Waals surface area contributed by atoms with E-state index in [1.165, 1.54) is 12.1 Å². The highest BCUT2D eigenvalue weighted by Crippen LogP contribution is 2.25. The van der Waals surface area contributed by atoms with E-state index in [9.17, 15) is 19.7 Å². The molecule has 1 N–H and O–H groups in total. The molecule has 0 aromatic heterocycles. The number of benzene rings is 1. The minimum atomic E-state index is -0.880. The Hall–Kier alpha value is -2.44. The van der Waals surface area contributed by atoms with Crippen LogP contribution in [-0.2, 0) is 4.79 Å². The van der Waals surface area contributed by atoms with E-state index in [1.807, 2.05) is 0 Å². The van der Waals surface area contributed by atoms with Gasteiger partial charge in [-0.15, -0.1) is 0 Å². The highest BCUT2D eigenvalue weighted by atomic mass is 16.6. The Labute approximate surface area is 134 Å². The normalized spacial score (nSPS) is 17.8. The number of non-ortho nitro benzene ring substituents is 1. The molecular weight excluding hydrogens is 300 g/mol. The summed E-state index contributed by atoms with van der Waals surface area (Å²) in [5.41, 5.74) is 0.841. The molecule has 1 aromatic rings. The summed E-state index contributed by atoms with van der Waals surface area (Å²) >= 11 is 0. The van der Waals surface area contributed by atoms with Crippen LogP contribution in [0.2, 0.25) is 0 Å². The molecule has 1 aliphatic rings. The monoisotopic (exact) mass is 320 g/mol. The zero-order valence-corrected chi connectivity index (χ0v) is 13.0. The SMILES string of the molecule is Cc1cc(C(=O)N2CCCCC2CCC(=O)O)cc([N+](=O)[O-])c1. The van der Waals surface area contributed by atoms with Crippen molar-refractivity contribution in [2.75, 3.05) is 6.54 Å². The van der Waals surface area contributed by atoms with E-state index >= 15 is 0 Å².